The molecule has 1 aromatic carbocycles. The van der Waals surface area contributed by atoms with Gasteiger partial charge in [-0.1, -0.05) is 18.2 Å². The molecule has 2 aliphatic rings. The molecule has 0 aromatic heterocycles. The highest BCUT2D eigenvalue weighted by Crippen LogP contribution is 2.24. The number of carbonyl (C=O) groups is 2. The summed E-state index contributed by atoms with van der Waals surface area (Å²) in [5, 5.41) is 3.13. The summed E-state index contributed by atoms with van der Waals surface area (Å²) in [5.74, 6) is -0.136. The summed E-state index contributed by atoms with van der Waals surface area (Å²) in [6.45, 7) is 4.21. The second-order valence-corrected chi connectivity index (χ2v) is 7.63. The predicted octanol–water partition coefficient (Wildman–Crippen LogP) is 0.523. The van der Waals surface area contributed by atoms with E-state index >= 15 is 0 Å². The lowest BCUT2D eigenvalue weighted by molar-refractivity contribution is -0.897. The quantitative estimate of drug-likeness (QED) is 0.728. The van der Waals surface area contributed by atoms with Crippen molar-refractivity contribution in [2.45, 2.75) is 51.5 Å². The number of hydrogen-bond acceptors (Lipinski definition) is 2. The largest absolute Gasteiger partial charge is 0.369 e. The maximum atomic E-state index is 12.4. The summed E-state index contributed by atoms with van der Waals surface area (Å²) in [6.07, 6.45) is 6.47. The Hall–Kier alpha value is -1.88. The standard InChI is InChI=1S/C20H29N3O2/c1-14(17-7-6-15-4-2-3-5-18(15)12-17)22-19(24)13-23-10-8-16(9-11-23)20(21)25/h6-7,12,14,16H,2-5,8-11,13H2,1H3,(H2,21,25)(H,22,24)/p+1/t14-/m0/s1. The van der Waals surface area contributed by atoms with Gasteiger partial charge in [0.25, 0.3) is 5.91 Å². The van der Waals surface area contributed by atoms with Gasteiger partial charge in [0.1, 0.15) is 0 Å². The van der Waals surface area contributed by atoms with Crippen LogP contribution in [0.4, 0.5) is 0 Å². The molecule has 1 fully saturated rings. The zero-order chi connectivity index (χ0) is 17.8. The number of nitrogens with one attached hydrogen (secondary N) is 2. The summed E-state index contributed by atoms with van der Waals surface area (Å²) in [4.78, 5) is 24.8. The molecule has 0 saturated carbocycles. The Bertz CT molecular complexity index is 636. The van der Waals surface area contributed by atoms with E-state index in [2.05, 4.69) is 30.4 Å². The summed E-state index contributed by atoms with van der Waals surface area (Å²) >= 11 is 0. The Morgan fingerprint density at radius 3 is 2.56 bits per heavy atom. The van der Waals surface area contributed by atoms with Gasteiger partial charge in [-0.25, -0.2) is 0 Å². The summed E-state index contributed by atoms with van der Waals surface area (Å²) in [6, 6.07) is 6.68. The topological polar surface area (TPSA) is 76.6 Å². The molecule has 1 heterocycles. The van der Waals surface area contributed by atoms with Crippen molar-refractivity contribution in [3.8, 4) is 0 Å². The molecule has 0 spiro atoms. The molecule has 0 radical (unpaired) electrons. The zero-order valence-corrected chi connectivity index (χ0v) is 15.1. The molecule has 5 heteroatoms. The second-order valence-electron chi connectivity index (χ2n) is 7.63. The molecular weight excluding hydrogens is 314 g/mol. The minimum Gasteiger partial charge on any atom is -0.369 e. The number of likely N-dealkylation sites (tertiary alicyclic amines) is 1. The predicted molar refractivity (Wildman–Crippen MR) is 97.1 cm³/mol. The number of fused-ring (bicyclic) bond motifs is 1. The Morgan fingerprint density at radius 1 is 1.20 bits per heavy atom. The van der Waals surface area contributed by atoms with Gasteiger partial charge < -0.3 is 16.0 Å². The lowest BCUT2D eigenvalue weighted by Crippen LogP contribution is -3.14. The summed E-state index contributed by atoms with van der Waals surface area (Å²) < 4.78 is 0. The number of amides is 2. The minimum absolute atomic E-state index is 0.0127. The highest BCUT2D eigenvalue weighted by atomic mass is 16.2. The van der Waals surface area contributed by atoms with Crippen molar-refractivity contribution in [2.24, 2.45) is 11.7 Å². The van der Waals surface area contributed by atoms with Crippen molar-refractivity contribution in [3.63, 3.8) is 0 Å². The van der Waals surface area contributed by atoms with Crippen LogP contribution in [0.2, 0.25) is 0 Å². The van der Waals surface area contributed by atoms with E-state index in [0.29, 0.717) is 6.54 Å². The third kappa shape index (κ3) is 4.60. The van der Waals surface area contributed by atoms with E-state index in [-0.39, 0.29) is 23.8 Å². The number of piperidine rings is 1. The van der Waals surface area contributed by atoms with Crippen LogP contribution < -0.4 is 16.0 Å². The third-order valence-corrected chi connectivity index (χ3v) is 5.76. The smallest absolute Gasteiger partial charge is 0.275 e. The van der Waals surface area contributed by atoms with Crippen molar-refractivity contribution < 1.29 is 14.5 Å². The lowest BCUT2D eigenvalue weighted by atomic mass is 9.89. The van der Waals surface area contributed by atoms with Crippen LogP contribution >= 0.6 is 0 Å². The molecule has 0 bridgehead atoms. The first kappa shape index (κ1) is 17.9. The van der Waals surface area contributed by atoms with Gasteiger partial charge >= 0.3 is 0 Å². The number of carbonyl (C=O) groups excluding carboxylic acids is 2. The Labute approximate surface area is 150 Å². The number of primary amides is 1. The summed E-state index contributed by atoms with van der Waals surface area (Å²) in [7, 11) is 0. The van der Waals surface area contributed by atoms with Crippen LogP contribution in [0.1, 0.15) is 55.3 Å². The van der Waals surface area contributed by atoms with E-state index in [1.54, 1.807) is 0 Å². The highest BCUT2D eigenvalue weighted by Gasteiger charge is 2.27. The molecule has 1 saturated heterocycles. The van der Waals surface area contributed by atoms with Gasteiger partial charge in [-0.3, -0.25) is 9.59 Å². The first-order valence-electron chi connectivity index (χ1n) is 9.57. The molecule has 1 atom stereocenters. The van der Waals surface area contributed by atoms with Gasteiger partial charge in [0.15, 0.2) is 6.54 Å². The van der Waals surface area contributed by atoms with Crippen molar-refractivity contribution in [3.05, 3.63) is 34.9 Å². The third-order valence-electron chi connectivity index (χ3n) is 5.76. The Kier molecular flexibility index (Phi) is 5.74. The minimum atomic E-state index is -0.204. The van der Waals surface area contributed by atoms with Crippen LogP contribution in [-0.2, 0) is 22.4 Å². The number of nitrogens with two attached hydrogens (primary N) is 1. The molecule has 4 N–H and O–H groups in total. The monoisotopic (exact) mass is 344 g/mol. The fourth-order valence-corrected chi connectivity index (χ4v) is 4.11. The number of rotatable bonds is 5. The van der Waals surface area contributed by atoms with E-state index in [1.165, 1.54) is 40.9 Å². The van der Waals surface area contributed by atoms with Gasteiger partial charge in [-0.05, 0) is 49.3 Å². The molecule has 5 nitrogen and oxygen atoms in total. The number of benzene rings is 1. The van der Waals surface area contributed by atoms with E-state index in [0.717, 1.165) is 32.4 Å². The molecule has 0 unspecified atom stereocenters. The van der Waals surface area contributed by atoms with E-state index in [9.17, 15) is 9.59 Å². The first-order valence-corrected chi connectivity index (χ1v) is 9.57. The Morgan fingerprint density at radius 2 is 1.88 bits per heavy atom. The summed E-state index contributed by atoms with van der Waals surface area (Å²) in [5.41, 5.74) is 9.47. The molecule has 136 valence electrons. The number of quaternary nitrogens is 1. The van der Waals surface area contributed by atoms with Crippen molar-refractivity contribution >= 4 is 11.8 Å². The van der Waals surface area contributed by atoms with Gasteiger partial charge in [-0.2, -0.15) is 0 Å². The van der Waals surface area contributed by atoms with Gasteiger partial charge in [0.2, 0.25) is 5.91 Å². The molecule has 1 aliphatic heterocycles. The van der Waals surface area contributed by atoms with Gasteiger partial charge in [0.05, 0.1) is 19.1 Å². The second kappa shape index (κ2) is 8.00. The Balaban J connectivity index is 1.50. The number of aryl methyl sites for hydroxylation is 2. The maximum Gasteiger partial charge on any atom is 0.275 e. The van der Waals surface area contributed by atoms with E-state index in [1.807, 2.05) is 0 Å². The van der Waals surface area contributed by atoms with Crippen LogP contribution in [0.25, 0.3) is 0 Å². The van der Waals surface area contributed by atoms with Crippen LogP contribution in [0.15, 0.2) is 18.2 Å². The van der Waals surface area contributed by atoms with Gasteiger partial charge in [-0.15, -0.1) is 0 Å². The molecule has 2 amide bonds. The SMILES string of the molecule is C[C@H](NC(=O)C[NH+]1CCC(C(N)=O)CC1)c1ccc2c(c1)CCCC2. The molecule has 1 aliphatic carbocycles. The fraction of sp³-hybridized carbons (Fsp3) is 0.600. The van der Waals surface area contributed by atoms with Crippen molar-refractivity contribution in [1.82, 2.24) is 5.32 Å². The normalized spacial score (nSPS) is 24.2. The van der Waals surface area contributed by atoms with Crippen LogP contribution in [0, 0.1) is 5.92 Å². The van der Waals surface area contributed by atoms with E-state index in [4.69, 9.17) is 5.73 Å². The van der Waals surface area contributed by atoms with Crippen LogP contribution in [0.3, 0.4) is 0 Å². The zero-order valence-electron chi connectivity index (χ0n) is 15.1. The average molecular weight is 344 g/mol. The number of hydrogen-bond donors (Lipinski definition) is 3. The molecule has 1 aromatic rings. The maximum absolute atomic E-state index is 12.4. The lowest BCUT2D eigenvalue weighted by Gasteiger charge is -2.27. The van der Waals surface area contributed by atoms with Crippen LogP contribution in [-0.4, -0.2) is 31.4 Å². The molecule has 3 rings (SSSR count). The average Bonchev–Trinajstić information content (AvgIpc) is 2.61. The highest BCUT2D eigenvalue weighted by molar-refractivity contribution is 5.77. The fourth-order valence-electron chi connectivity index (χ4n) is 4.11. The van der Waals surface area contributed by atoms with Crippen molar-refractivity contribution in [1.29, 1.82) is 0 Å². The van der Waals surface area contributed by atoms with Crippen LogP contribution in [0.5, 0.6) is 0 Å². The van der Waals surface area contributed by atoms with Gasteiger partial charge in [0, 0.05) is 18.8 Å². The molecule has 25 heavy (non-hydrogen) atoms. The molecular formula is C20H30N3O2+. The van der Waals surface area contributed by atoms with E-state index < -0.39 is 0 Å². The first-order chi connectivity index (χ1) is 12.0. The van der Waals surface area contributed by atoms with Crippen molar-refractivity contribution in [2.75, 3.05) is 19.6 Å².